The summed E-state index contributed by atoms with van der Waals surface area (Å²) in [6.07, 6.45) is 0. The van der Waals surface area contributed by atoms with Gasteiger partial charge >= 0.3 is 5.97 Å². The molecule has 64 valence electrons. The molecule has 0 aliphatic rings. The second-order valence-corrected chi connectivity index (χ2v) is 2.05. The van der Waals surface area contributed by atoms with E-state index < -0.39 is 11.5 Å². The van der Waals surface area contributed by atoms with Crippen molar-refractivity contribution in [1.82, 2.24) is 10.2 Å². The fourth-order valence-electron chi connectivity index (χ4n) is 0.757. The zero-order valence-electron chi connectivity index (χ0n) is 6.29. The van der Waals surface area contributed by atoms with E-state index in [-0.39, 0.29) is 11.4 Å². The minimum absolute atomic E-state index is 0.138. The minimum Gasteiger partial charge on any atom is -0.478 e. The predicted molar refractivity (Wildman–Crippen MR) is 41.4 cm³/mol. The van der Waals surface area contributed by atoms with E-state index >= 15 is 0 Å². The van der Waals surface area contributed by atoms with E-state index in [9.17, 15) is 9.59 Å². The quantitative estimate of drug-likeness (QED) is 0.555. The SMILES string of the molecule is CNc1n[nH]c(=O)cc1C(=O)O. The molecule has 0 spiro atoms. The molecule has 0 saturated heterocycles. The average molecular weight is 169 g/mol. The lowest BCUT2D eigenvalue weighted by molar-refractivity contribution is 0.0697. The van der Waals surface area contributed by atoms with Gasteiger partial charge in [0.15, 0.2) is 5.82 Å². The van der Waals surface area contributed by atoms with Crippen LogP contribution in [0.3, 0.4) is 0 Å². The third-order valence-corrected chi connectivity index (χ3v) is 1.28. The maximum atomic E-state index is 10.7. The zero-order valence-corrected chi connectivity index (χ0v) is 6.29. The number of aromatic nitrogens is 2. The molecule has 0 atom stereocenters. The van der Waals surface area contributed by atoms with Crippen LogP contribution in [0.4, 0.5) is 5.82 Å². The number of hydrogen-bond donors (Lipinski definition) is 3. The van der Waals surface area contributed by atoms with Gasteiger partial charge in [0.25, 0.3) is 5.56 Å². The standard InChI is InChI=1S/C6H7N3O3/c1-7-5-3(6(11)12)2-4(10)8-9-5/h2H,1H3,(H,7,9)(H,8,10)(H,11,12). The van der Waals surface area contributed by atoms with Crippen molar-refractivity contribution in [1.29, 1.82) is 0 Å². The Bertz CT molecular complexity index is 357. The van der Waals surface area contributed by atoms with Gasteiger partial charge in [-0.25, -0.2) is 9.89 Å². The fourth-order valence-corrected chi connectivity index (χ4v) is 0.757. The van der Waals surface area contributed by atoms with Gasteiger partial charge in [0.2, 0.25) is 0 Å². The second kappa shape index (κ2) is 3.04. The van der Waals surface area contributed by atoms with Gasteiger partial charge in [0, 0.05) is 13.1 Å². The van der Waals surface area contributed by atoms with Crippen molar-refractivity contribution in [3.05, 3.63) is 22.0 Å². The summed E-state index contributed by atoms with van der Waals surface area (Å²) >= 11 is 0. The number of nitrogens with zero attached hydrogens (tertiary/aromatic N) is 1. The second-order valence-electron chi connectivity index (χ2n) is 2.05. The van der Waals surface area contributed by atoms with Crippen LogP contribution < -0.4 is 10.9 Å². The van der Waals surface area contributed by atoms with E-state index in [1.807, 2.05) is 0 Å². The molecule has 0 amide bonds. The third-order valence-electron chi connectivity index (χ3n) is 1.28. The fraction of sp³-hybridized carbons (Fsp3) is 0.167. The van der Waals surface area contributed by atoms with Crippen LogP contribution in [0.15, 0.2) is 10.9 Å². The molecular weight excluding hydrogens is 162 g/mol. The predicted octanol–water partition coefficient (Wildman–Crippen LogP) is -0.490. The molecule has 0 saturated carbocycles. The average Bonchev–Trinajstić information content (AvgIpc) is 2.04. The number of H-pyrrole nitrogens is 1. The van der Waals surface area contributed by atoms with E-state index in [1.54, 1.807) is 0 Å². The molecule has 0 radical (unpaired) electrons. The zero-order chi connectivity index (χ0) is 9.14. The number of hydrogen-bond acceptors (Lipinski definition) is 4. The Balaban J connectivity index is 3.31. The molecule has 0 aliphatic heterocycles. The number of aromatic carboxylic acids is 1. The highest BCUT2D eigenvalue weighted by Gasteiger charge is 2.10. The van der Waals surface area contributed by atoms with Crippen molar-refractivity contribution < 1.29 is 9.90 Å². The first-order valence-corrected chi connectivity index (χ1v) is 3.16. The van der Waals surface area contributed by atoms with Crippen molar-refractivity contribution >= 4 is 11.8 Å². The van der Waals surface area contributed by atoms with Gasteiger partial charge in [-0.3, -0.25) is 4.79 Å². The topological polar surface area (TPSA) is 95.1 Å². The summed E-state index contributed by atoms with van der Waals surface area (Å²) in [5.41, 5.74) is -0.673. The number of nitrogens with one attached hydrogen (secondary N) is 2. The molecular formula is C6H7N3O3. The molecule has 0 aromatic carbocycles. The number of carboxylic acids is 1. The van der Waals surface area contributed by atoms with Crippen molar-refractivity contribution in [3.8, 4) is 0 Å². The van der Waals surface area contributed by atoms with Crippen LogP contribution in [0.1, 0.15) is 10.4 Å². The molecule has 6 heteroatoms. The molecule has 6 nitrogen and oxygen atoms in total. The van der Waals surface area contributed by atoms with Crippen molar-refractivity contribution in [2.24, 2.45) is 0 Å². The Morgan fingerprint density at radius 2 is 2.42 bits per heavy atom. The van der Waals surface area contributed by atoms with Crippen molar-refractivity contribution in [2.45, 2.75) is 0 Å². The Morgan fingerprint density at radius 1 is 1.75 bits per heavy atom. The first-order chi connectivity index (χ1) is 5.65. The molecule has 0 bridgehead atoms. The summed E-state index contributed by atoms with van der Waals surface area (Å²) in [5.74, 6) is -1.04. The Hall–Kier alpha value is -1.85. The van der Waals surface area contributed by atoms with Crippen LogP contribution in [-0.2, 0) is 0 Å². The molecule has 1 aromatic heterocycles. The molecule has 1 rings (SSSR count). The van der Waals surface area contributed by atoms with Gasteiger partial charge in [0.05, 0.1) is 0 Å². The van der Waals surface area contributed by atoms with Crippen molar-refractivity contribution in [3.63, 3.8) is 0 Å². The highest BCUT2D eigenvalue weighted by Crippen LogP contribution is 2.05. The summed E-state index contributed by atoms with van der Waals surface area (Å²) in [5, 5.41) is 16.7. The van der Waals surface area contributed by atoms with Gasteiger partial charge in [-0.15, -0.1) is 0 Å². The monoisotopic (exact) mass is 169 g/mol. The van der Waals surface area contributed by atoms with Crippen LogP contribution in [-0.4, -0.2) is 28.3 Å². The van der Waals surface area contributed by atoms with Gasteiger partial charge in [-0.1, -0.05) is 0 Å². The van der Waals surface area contributed by atoms with E-state index in [0.29, 0.717) is 0 Å². The van der Waals surface area contributed by atoms with E-state index in [4.69, 9.17) is 5.11 Å². The van der Waals surface area contributed by atoms with E-state index in [1.165, 1.54) is 7.05 Å². The maximum absolute atomic E-state index is 10.7. The Labute approximate surface area is 67.2 Å². The van der Waals surface area contributed by atoms with E-state index in [0.717, 1.165) is 6.07 Å². The number of carboxylic acid groups (broad SMARTS) is 1. The van der Waals surface area contributed by atoms with Crippen LogP contribution in [0, 0.1) is 0 Å². The third kappa shape index (κ3) is 1.42. The lowest BCUT2D eigenvalue weighted by atomic mass is 10.3. The van der Waals surface area contributed by atoms with Crippen LogP contribution in [0.2, 0.25) is 0 Å². The number of anilines is 1. The van der Waals surface area contributed by atoms with Gasteiger partial charge < -0.3 is 10.4 Å². The van der Waals surface area contributed by atoms with Gasteiger partial charge in [0.1, 0.15) is 5.56 Å². The van der Waals surface area contributed by atoms with Crippen LogP contribution >= 0.6 is 0 Å². The van der Waals surface area contributed by atoms with Crippen molar-refractivity contribution in [2.75, 3.05) is 12.4 Å². The molecule has 1 heterocycles. The lowest BCUT2D eigenvalue weighted by Crippen LogP contribution is -2.14. The molecule has 3 N–H and O–H groups in total. The summed E-state index contributed by atoms with van der Waals surface area (Å²) in [6.45, 7) is 0. The first-order valence-electron chi connectivity index (χ1n) is 3.16. The summed E-state index contributed by atoms with van der Waals surface area (Å²) < 4.78 is 0. The molecule has 0 fully saturated rings. The lowest BCUT2D eigenvalue weighted by Gasteiger charge is -2.00. The molecule has 1 aromatic rings. The first kappa shape index (κ1) is 8.25. The normalized spacial score (nSPS) is 9.42. The van der Waals surface area contributed by atoms with Gasteiger partial charge in [-0.05, 0) is 0 Å². The smallest absolute Gasteiger partial charge is 0.339 e. The molecule has 0 unspecified atom stereocenters. The maximum Gasteiger partial charge on any atom is 0.339 e. The number of carbonyl (C=O) groups is 1. The van der Waals surface area contributed by atoms with Gasteiger partial charge in [-0.2, -0.15) is 5.10 Å². The van der Waals surface area contributed by atoms with Crippen LogP contribution in [0.25, 0.3) is 0 Å². The summed E-state index contributed by atoms with van der Waals surface area (Å²) in [4.78, 5) is 21.2. The highest BCUT2D eigenvalue weighted by atomic mass is 16.4. The molecule has 0 aliphatic carbocycles. The Kier molecular flexibility index (Phi) is 2.09. The minimum atomic E-state index is -1.18. The number of rotatable bonds is 2. The summed E-state index contributed by atoms with van der Waals surface area (Å²) in [6, 6.07) is 0.973. The van der Waals surface area contributed by atoms with E-state index in [2.05, 4.69) is 15.5 Å². The highest BCUT2D eigenvalue weighted by molar-refractivity contribution is 5.92. The Morgan fingerprint density at radius 3 is 2.92 bits per heavy atom. The molecule has 12 heavy (non-hydrogen) atoms. The largest absolute Gasteiger partial charge is 0.478 e. The summed E-state index contributed by atoms with van der Waals surface area (Å²) in [7, 11) is 1.52. The van der Waals surface area contributed by atoms with Crippen LogP contribution in [0.5, 0.6) is 0 Å². The number of aromatic amines is 1.